The van der Waals surface area contributed by atoms with Gasteiger partial charge in [-0.2, -0.15) is 13.2 Å². The molecule has 0 bridgehead atoms. The number of aliphatic imine (C=N–C) groups is 1. The van der Waals surface area contributed by atoms with Crippen LogP contribution in [0.25, 0.3) is 0 Å². The average molecular weight is 514 g/mol. The number of hydrogen-bond acceptors (Lipinski definition) is 4. The molecule has 1 aromatic carbocycles. The van der Waals surface area contributed by atoms with E-state index in [1.165, 1.54) is 0 Å². The number of aromatic nitrogens is 1. The maximum atomic E-state index is 12.6. The first kappa shape index (κ1) is 23.5. The Labute approximate surface area is 177 Å². The maximum absolute atomic E-state index is 12.6. The van der Waals surface area contributed by atoms with E-state index in [0.717, 1.165) is 28.0 Å². The Hall–Kier alpha value is -1.56. The molecule has 0 atom stereocenters. The first-order valence-corrected chi connectivity index (χ1v) is 8.81. The minimum atomic E-state index is -4.42. The third kappa shape index (κ3) is 7.17. The van der Waals surface area contributed by atoms with Gasteiger partial charge in [0.15, 0.2) is 11.7 Å². The summed E-state index contributed by atoms with van der Waals surface area (Å²) in [6.07, 6.45) is -4.42. The molecule has 0 aliphatic rings. The summed E-state index contributed by atoms with van der Waals surface area (Å²) in [7, 11) is 3.45. The SMILES string of the molecule is CN=C(NCc1nc(C(F)(F)F)cs1)N(C)CCOc1ccccc1C.I. The Balaban J connectivity index is 0.00000364. The molecular weight excluding hydrogens is 492 g/mol. The van der Waals surface area contributed by atoms with Crippen LogP contribution >= 0.6 is 35.3 Å². The van der Waals surface area contributed by atoms with Crippen molar-refractivity contribution in [3.8, 4) is 5.75 Å². The number of nitrogens with one attached hydrogen (secondary N) is 1. The van der Waals surface area contributed by atoms with Gasteiger partial charge in [-0.1, -0.05) is 18.2 Å². The molecule has 5 nitrogen and oxygen atoms in total. The molecule has 27 heavy (non-hydrogen) atoms. The zero-order chi connectivity index (χ0) is 19.2. The van der Waals surface area contributed by atoms with Crippen molar-refractivity contribution in [2.45, 2.75) is 19.6 Å². The van der Waals surface area contributed by atoms with Crippen molar-refractivity contribution >= 4 is 41.3 Å². The maximum Gasteiger partial charge on any atom is 0.434 e. The summed E-state index contributed by atoms with van der Waals surface area (Å²) in [5.74, 6) is 1.38. The van der Waals surface area contributed by atoms with Gasteiger partial charge in [-0.05, 0) is 18.6 Å². The second-order valence-corrected chi connectivity index (χ2v) is 6.50. The van der Waals surface area contributed by atoms with E-state index in [1.54, 1.807) is 7.05 Å². The third-order valence-electron chi connectivity index (χ3n) is 3.59. The molecule has 0 spiro atoms. The Bertz CT molecular complexity index is 752. The fourth-order valence-corrected chi connectivity index (χ4v) is 2.92. The summed E-state index contributed by atoms with van der Waals surface area (Å²) in [6.45, 7) is 3.18. The van der Waals surface area contributed by atoms with Crippen molar-refractivity contribution < 1.29 is 17.9 Å². The largest absolute Gasteiger partial charge is 0.491 e. The highest BCUT2D eigenvalue weighted by molar-refractivity contribution is 14.0. The second kappa shape index (κ2) is 10.7. The van der Waals surface area contributed by atoms with Crippen LogP contribution in [0.5, 0.6) is 5.75 Å². The molecule has 0 saturated carbocycles. The zero-order valence-electron chi connectivity index (χ0n) is 15.2. The van der Waals surface area contributed by atoms with Gasteiger partial charge in [0.05, 0.1) is 13.1 Å². The van der Waals surface area contributed by atoms with Crippen molar-refractivity contribution in [2.75, 3.05) is 27.2 Å². The van der Waals surface area contributed by atoms with Crippen molar-refractivity contribution in [3.05, 3.63) is 45.9 Å². The number of halogens is 4. The van der Waals surface area contributed by atoms with Gasteiger partial charge >= 0.3 is 6.18 Å². The number of rotatable bonds is 6. The van der Waals surface area contributed by atoms with Gasteiger partial charge in [0, 0.05) is 19.5 Å². The first-order valence-electron chi connectivity index (χ1n) is 7.93. The molecule has 0 amide bonds. The van der Waals surface area contributed by atoms with E-state index in [1.807, 2.05) is 43.1 Å². The number of aryl methyl sites for hydroxylation is 1. The normalized spacial score (nSPS) is 11.7. The third-order valence-corrected chi connectivity index (χ3v) is 4.44. The van der Waals surface area contributed by atoms with Crippen LogP contribution < -0.4 is 10.1 Å². The highest BCUT2D eigenvalue weighted by Crippen LogP contribution is 2.29. The number of thiazole rings is 1. The topological polar surface area (TPSA) is 49.8 Å². The number of alkyl halides is 3. The van der Waals surface area contributed by atoms with Crippen molar-refractivity contribution in [1.82, 2.24) is 15.2 Å². The number of guanidine groups is 1. The Kier molecular flexibility index (Phi) is 9.30. The van der Waals surface area contributed by atoms with Gasteiger partial charge in [-0.25, -0.2) is 4.98 Å². The molecular formula is C17H22F3IN4OS. The lowest BCUT2D eigenvalue weighted by molar-refractivity contribution is -0.140. The highest BCUT2D eigenvalue weighted by atomic mass is 127. The average Bonchev–Trinajstić information content (AvgIpc) is 3.06. The van der Waals surface area contributed by atoms with E-state index in [9.17, 15) is 13.2 Å². The standard InChI is InChI=1S/C17H21F3N4OS.HI/c1-12-6-4-5-7-13(12)25-9-8-24(3)16(21-2)22-10-15-23-14(11-26-15)17(18,19)20;/h4-7,11H,8-10H2,1-3H3,(H,21,22);1H. The molecule has 1 N–H and O–H groups in total. The molecule has 2 rings (SSSR count). The number of nitrogens with zero attached hydrogens (tertiary/aromatic N) is 3. The molecule has 150 valence electrons. The summed E-state index contributed by atoms with van der Waals surface area (Å²) in [6, 6.07) is 7.74. The lowest BCUT2D eigenvalue weighted by Crippen LogP contribution is -2.40. The van der Waals surface area contributed by atoms with E-state index in [-0.39, 0.29) is 30.5 Å². The Morgan fingerprint density at radius 3 is 2.63 bits per heavy atom. The van der Waals surface area contributed by atoms with Gasteiger partial charge in [-0.15, -0.1) is 35.3 Å². The number of likely N-dealkylation sites (N-methyl/N-ethyl adjacent to an activating group) is 1. The molecule has 1 aromatic heterocycles. The van der Waals surface area contributed by atoms with Crippen molar-refractivity contribution in [3.63, 3.8) is 0 Å². The lowest BCUT2D eigenvalue weighted by Gasteiger charge is -2.22. The molecule has 0 radical (unpaired) electrons. The summed E-state index contributed by atoms with van der Waals surface area (Å²) in [4.78, 5) is 9.57. The van der Waals surface area contributed by atoms with Gasteiger partial charge in [0.2, 0.25) is 0 Å². The summed E-state index contributed by atoms with van der Waals surface area (Å²) in [5, 5.41) is 4.37. The quantitative estimate of drug-likeness (QED) is 0.357. The lowest BCUT2D eigenvalue weighted by atomic mass is 10.2. The summed E-state index contributed by atoms with van der Waals surface area (Å²) in [5.41, 5.74) is 0.191. The van der Waals surface area contributed by atoms with Crippen molar-refractivity contribution in [1.29, 1.82) is 0 Å². The van der Waals surface area contributed by atoms with E-state index in [4.69, 9.17) is 4.74 Å². The number of para-hydroxylation sites is 1. The van der Waals surface area contributed by atoms with E-state index in [2.05, 4.69) is 15.3 Å². The fourth-order valence-electron chi connectivity index (χ4n) is 2.18. The molecule has 2 aromatic rings. The van der Waals surface area contributed by atoms with Crippen LogP contribution in [0.3, 0.4) is 0 Å². The summed E-state index contributed by atoms with van der Waals surface area (Å²) < 4.78 is 43.5. The molecule has 10 heteroatoms. The van der Waals surface area contributed by atoms with Gasteiger partial charge in [0.1, 0.15) is 17.4 Å². The summed E-state index contributed by atoms with van der Waals surface area (Å²) >= 11 is 0.966. The number of benzene rings is 1. The van der Waals surface area contributed by atoms with Crippen LogP contribution in [0.4, 0.5) is 13.2 Å². The molecule has 0 unspecified atom stereocenters. The zero-order valence-corrected chi connectivity index (χ0v) is 18.4. The van der Waals surface area contributed by atoms with Crippen LogP contribution in [0.2, 0.25) is 0 Å². The Morgan fingerprint density at radius 2 is 2.04 bits per heavy atom. The van der Waals surface area contributed by atoms with Crippen LogP contribution in [-0.2, 0) is 12.7 Å². The molecule has 1 heterocycles. The van der Waals surface area contributed by atoms with E-state index in [0.29, 0.717) is 24.1 Å². The number of ether oxygens (including phenoxy) is 1. The smallest absolute Gasteiger partial charge is 0.434 e. The van der Waals surface area contributed by atoms with Crippen LogP contribution in [0, 0.1) is 6.92 Å². The predicted octanol–water partition coefficient (Wildman–Crippen LogP) is 4.17. The monoisotopic (exact) mass is 514 g/mol. The molecule has 0 aliphatic carbocycles. The van der Waals surface area contributed by atoms with Crippen LogP contribution in [0.1, 0.15) is 16.3 Å². The van der Waals surface area contributed by atoms with E-state index < -0.39 is 11.9 Å². The first-order chi connectivity index (χ1) is 12.3. The number of hydrogen-bond donors (Lipinski definition) is 1. The fraction of sp³-hybridized carbons (Fsp3) is 0.412. The van der Waals surface area contributed by atoms with Gasteiger partial charge < -0.3 is 15.0 Å². The minimum Gasteiger partial charge on any atom is -0.491 e. The highest BCUT2D eigenvalue weighted by Gasteiger charge is 2.33. The van der Waals surface area contributed by atoms with E-state index >= 15 is 0 Å². The molecule has 0 fully saturated rings. The molecule has 0 aliphatic heterocycles. The molecule has 0 saturated heterocycles. The second-order valence-electron chi connectivity index (χ2n) is 5.56. The van der Waals surface area contributed by atoms with Crippen molar-refractivity contribution in [2.24, 2.45) is 4.99 Å². The minimum absolute atomic E-state index is 0. The predicted molar refractivity (Wildman–Crippen MR) is 112 cm³/mol. The van der Waals surface area contributed by atoms with Crippen LogP contribution in [0.15, 0.2) is 34.6 Å². The van der Waals surface area contributed by atoms with Gasteiger partial charge in [0.25, 0.3) is 0 Å². The Morgan fingerprint density at radius 1 is 1.33 bits per heavy atom. The van der Waals surface area contributed by atoms with Crippen LogP contribution in [-0.4, -0.2) is 43.1 Å². The van der Waals surface area contributed by atoms with Gasteiger partial charge in [-0.3, -0.25) is 4.99 Å².